The molecule has 2 nitrogen and oxygen atoms in total. The number of fused-ring (bicyclic) bond motifs is 5. The molecule has 146 valence electrons. The number of alkyl halides is 3. The Kier molecular flexibility index (Phi) is 3.99. The molecule has 6 atom stereocenters. The third kappa shape index (κ3) is 2.71. The van der Waals surface area contributed by atoms with Crippen LogP contribution in [0.15, 0.2) is 23.8 Å². The highest BCUT2D eigenvalue weighted by molar-refractivity contribution is 6.01. The summed E-state index contributed by atoms with van der Waals surface area (Å²) in [4.78, 5) is 11.8. The molecular formula is C22H25F3O2. The Morgan fingerprint density at radius 3 is 2.59 bits per heavy atom. The van der Waals surface area contributed by atoms with E-state index in [1.807, 2.05) is 13.0 Å². The molecule has 3 saturated carbocycles. The Labute approximate surface area is 157 Å². The van der Waals surface area contributed by atoms with E-state index in [9.17, 15) is 23.1 Å². The van der Waals surface area contributed by atoms with Crippen LogP contribution in [0.4, 0.5) is 13.2 Å². The first-order valence-electron chi connectivity index (χ1n) is 9.75. The van der Waals surface area contributed by atoms with Crippen molar-refractivity contribution in [2.75, 3.05) is 0 Å². The van der Waals surface area contributed by atoms with Gasteiger partial charge in [0.05, 0.1) is 5.60 Å². The molecule has 0 saturated heterocycles. The topological polar surface area (TPSA) is 37.3 Å². The molecule has 4 aliphatic rings. The number of aliphatic hydroxyl groups is 1. The van der Waals surface area contributed by atoms with Crippen molar-refractivity contribution in [2.24, 2.45) is 28.6 Å². The Morgan fingerprint density at radius 2 is 1.89 bits per heavy atom. The van der Waals surface area contributed by atoms with E-state index in [2.05, 4.69) is 12.8 Å². The molecule has 0 aromatic rings. The van der Waals surface area contributed by atoms with Crippen LogP contribution in [0, 0.1) is 40.4 Å². The maximum absolute atomic E-state index is 12.6. The summed E-state index contributed by atoms with van der Waals surface area (Å²) in [5, 5.41) is 11.8. The van der Waals surface area contributed by atoms with Gasteiger partial charge in [0.25, 0.3) is 0 Å². The van der Waals surface area contributed by atoms with Crippen LogP contribution in [0.1, 0.15) is 52.4 Å². The lowest BCUT2D eigenvalue weighted by molar-refractivity contribution is -0.175. The molecule has 1 N–H and O–H groups in total. The van der Waals surface area contributed by atoms with Gasteiger partial charge >= 0.3 is 6.18 Å². The third-order valence-corrected chi connectivity index (χ3v) is 8.02. The second kappa shape index (κ2) is 5.73. The van der Waals surface area contributed by atoms with E-state index in [-0.39, 0.29) is 29.0 Å². The number of halogens is 3. The van der Waals surface area contributed by atoms with Gasteiger partial charge in [-0.1, -0.05) is 31.4 Å². The average Bonchev–Trinajstić information content (AvgIpc) is 2.91. The average molecular weight is 378 g/mol. The predicted molar refractivity (Wildman–Crippen MR) is 95.4 cm³/mol. The van der Waals surface area contributed by atoms with E-state index in [1.165, 1.54) is 5.92 Å². The molecule has 0 bridgehead atoms. The Balaban J connectivity index is 1.68. The fourth-order valence-electron chi connectivity index (χ4n) is 6.68. The molecule has 0 aromatic carbocycles. The zero-order chi connectivity index (χ0) is 19.7. The molecule has 4 aliphatic carbocycles. The number of carbonyl (C=O) groups excluding carboxylic acids is 1. The minimum absolute atomic E-state index is 0.00285. The van der Waals surface area contributed by atoms with Crippen molar-refractivity contribution >= 4 is 5.78 Å². The van der Waals surface area contributed by atoms with Gasteiger partial charge in [-0.15, -0.1) is 0 Å². The van der Waals surface area contributed by atoms with Crippen LogP contribution in [-0.4, -0.2) is 22.7 Å². The van der Waals surface area contributed by atoms with Gasteiger partial charge in [0.2, 0.25) is 0 Å². The smallest absolute Gasteiger partial charge is 0.389 e. The molecule has 27 heavy (non-hydrogen) atoms. The van der Waals surface area contributed by atoms with Gasteiger partial charge in [-0.3, -0.25) is 4.79 Å². The van der Waals surface area contributed by atoms with Crippen LogP contribution >= 0.6 is 0 Å². The molecule has 3 fully saturated rings. The number of carbonyl (C=O) groups is 1. The molecule has 0 aliphatic heterocycles. The van der Waals surface area contributed by atoms with E-state index in [1.54, 1.807) is 12.2 Å². The van der Waals surface area contributed by atoms with Crippen molar-refractivity contribution in [3.8, 4) is 11.8 Å². The maximum Gasteiger partial charge on any atom is 0.457 e. The minimum atomic E-state index is -4.47. The van der Waals surface area contributed by atoms with Crippen molar-refractivity contribution in [2.45, 2.75) is 64.1 Å². The molecule has 0 heterocycles. The van der Waals surface area contributed by atoms with Crippen molar-refractivity contribution in [3.05, 3.63) is 23.8 Å². The summed E-state index contributed by atoms with van der Waals surface area (Å²) >= 11 is 0. The van der Waals surface area contributed by atoms with E-state index in [0.717, 1.165) is 18.4 Å². The highest BCUT2D eigenvalue weighted by atomic mass is 19.4. The summed E-state index contributed by atoms with van der Waals surface area (Å²) in [5.41, 5.74) is -0.578. The number of allylic oxidation sites excluding steroid dienone is 4. The van der Waals surface area contributed by atoms with Crippen LogP contribution in [0.25, 0.3) is 0 Å². The lowest BCUT2D eigenvalue weighted by Gasteiger charge is -2.61. The first-order chi connectivity index (χ1) is 12.5. The van der Waals surface area contributed by atoms with Crippen LogP contribution < -0.4 is 0 Å². The first-order valence-corrected chi connectivity index (χ1v) is 9.75. The number of ketones is 1. The number of rotatable bonds is 0. The fraction of sp³-hybridized carbons (Fsp3) is 0.682. The Morgan fingerprint density at radius 1 is 1.15 bits per heavy atom. The maximum atomic E-state index is 12.6. The van der Waals surface area contributed by atoms with Crippen LogP contribution in [0.2, 0.25) is 0 Å². The van der Waals surface area contributed by atoms with Crippen molar-refractivity contribution < 1.29 is 23.1 Å². The monoisotopic (exact) mass is 378 g/mol. The van der Waals surface area contributed by atoms with Crippen LogP contribution in [0.3, 0.4) is 0 Å². The van der Waals surface area contributed by atoms with E-state index in [4.69, 9.17) is 0 Å². The number of hydrogen-bond acceptors (Lipinski definition) is 2. The first kappa shape index (κ1) is 18.8. The standard InChI is InChI=1S/C22H25F3O2/c1-19-10-8-18-20(2)9-7-16(26)13-15(20)5-11-21(18,27)17(19)4-3-14(19)6-12-22(23,24)25/h7,9,13-14,17-18,27H,3-5,8,10-11H2,1-2H3/t14?,17-,18-,19-,20+,21-/m1/s1. The second-order valence-electron chi connectivity index (χ2n) is 9.23. The largest absolute Gasteiger partial charge is 0.457 e. The van der Waals surface area contributed by atoms with Crippen molar-refractivity contribution in [1.82, 2.24) is 0 Å². The molecule has 0 spiro atoms. The summed E-state index contributed by atoms with van der Waals surface area (Å²) in [5.74, 6) is 3.56. The van der Waals surface area contributed by atoms with Gasteiger partial charge in [0, 0.05) is 23.2 Å². The lowest BCUT2D eigenvalue weighted by Crippen LogP contribution is -2.61. The van der Waals surface area contributed by atoms with Gasteiger partial charge in [-0.25, -0.2) is 0 Å². The zero-order valence-electron chi connectivity index (χ0n) is 15.7. The predicted octanol–water partition coefficient (Wildman–Crippen LogP) is 4.59. The summed E-state index contributed by atoms with van der Waals surface area (Å²) in [6.45, 7) is 4.11. The summed E-state index contributed by atoms with van der Waals surface area (Å²) < 4.78 is 37.8. The number of hydrogen-bond donors (Lipinski definition) is 1. The fourth-order valence-corrected chi connectivity index (χ4v) is 6.68. The van der Waals surface area contributed by atoms with Gasteiger partial charge in [-0.05, 0) is 62.0 Å². The molecular weight excluding hydrogens is 353 g/mol. The van der Waals surface area contributed by atoms with Gasteiger partial charge in [0.1, 0.15) is 0 Å². The summed E-state index contributed by atoms with van der Waals surface area (Å²) in [6.07, 6.45) is 4.80. The lowest BCUT2D eigenvalue weighted by atomic mass is 9.45. The molecule has 4 rings (SSSR count). The SMILES string of the molecule is C[C@]12C=CC(=O)C=C1CC[C@]1(O)[C@@H]2CC[C@]2(C)C(C#CC(F)(F)F)CC[C@@H]12. The molecule has 1 unspecified atom stereocenters. The normalized spacial score (nSPS) is 45.9. The quantitative estimate of drug-likeness (QED) is 0.626. The zero-order valence-corrected chi connectivity index (χ0v) is 15.7. The highest BCUT2D eigenvalue weighted by Gasteiger charge is 2.65. The summed E-state index contributed by atoms with van der Waals surface area (Å²) in [7, 11) is 0. The van der Waals surface area contributed by atoms with E-state index in [0.29, 0.717) is 25.7 Å². The van der Waals surface area contributed by atoms with Gasteiger partial charge in [-0.2, -0.15) is 13.2 Å². The molecule has 5 heteroatoms. The second-order valence-corrected chi connectivity index (χ2v) is 9.23. The highest BCUT2D eigenvalue weighted by Crippen LogP contribution is 2.67. The van der Waals surface area contributed by atoms with Crippen molar-refractivity contribution in [1.29, 1.82) is 0 Å². The Hall–Kier alpha value is -1.54. The minimum Gasteiger partial charge on any atom is -0.389 e. The molecule has 0 aromatic heterocycles. The van der Waals surface area contributed by atoms with Crippen LogP contribution in [-0.2, 0) is 4.79 Å². The van der Waals surface area contributed by atoms with Crippen molar-refractivity contribution in [3.63, 3.8) is 0 Å². The molecule has 0 amide bonds. The van der Waals surface area contributed by atoms with Gasteiger partial charge < -0.3 is 5.11 Å². The van der Waals surface area contributed by atoms with E-state index >= 15 is 0 Å². The van der Waals surface area contributed by atoms with E-state index < -0.39 is 17.2 Å². The summed E-state index contributed by atoms with van der Waals surface area (Å²) in [6, 6.07) is 0. The molecule has 0 radical (unpaired) electrons. The van der Waals surface area contributed by atoms with Crippen LogP contribution in [0.5, 0.6) is 0 Å². The Bertz CT molecular complexity index is 799. The third-order valence-electron chi connectivity index (χ3n) is 8.02. The van der Waals surface area contributed by atoms with Gasteiger partial charge in [0.15, 0.2) is 5.78 Å².